The third-order valence-electron chi connectivity index (χ3n) is 9.60. The van der Waals surface area contributed by atoms with E-state index in [0.717, 1.165) is 29.7 Å². The van der Waals surface area contributed by atoms with E-state index >= 15 is 0 Å². The van der Waals surface area contributed by atoms with E-state index in [4.69, 9.17) is 0 Å². The number of carbonyl (C=O) groups is 5. The van der Waals surface area contributed by atoms with Gasteiger partial charge in [-0.2, -0.15) is 0 Å². The van der Waals surface area contributed by atoms with Gasteiger partial charge >= 0.3 is 0 Å². The van der Waals surface area contributed by atoms with E-state index in [1.54, 1.807) is 12.1 Å². The Morgan fingerprint density at radius 1 is 0.909 bits per heavy atom. The Balaban J connectivity index is 1.08. The Bertz CT molecular complexity index is 1610. The van der Waals surface area contributed by atoms with Gasteiger partial charge in [0.25, 0.3) is 17.7 Å². The van der Waals surface area contributed by atoms with Crippen LogP contribution in [0.1, 0.15) is 96.4 Å². The van der Waals surface area contributed by atoms with Gasteiger partial charge in [0.2, 0.25) is 11.8 Å². The van der Waals surface area contributed by atoms with E-state index < -0.39 is 29.7 Å². The smallest absolute Gasteiger partial charge is 0.264 e. The Labute approximate surface area is 257 Å². The molecule has 5 amide bonds. The molecule has 9 nitrogen and oxygen atoms in total. The van der Waals surface area contributed by atoms with Crippen molar-refractivity contribution in [1.29, 1.82) is 0 Å². The van der Waals surface area contributed by atoms with Gasteiger partial charge in [0, 0.05) is 42.6 Å². The molecule has 3 aliphatic heterocycles. The fourth-order valence-electron chi connectivity index (χ4n) is 7.83. The van der Waals surface area contributed by atoms with E-state index in [1.165, 1.54) is 0 Å². The molecule has 1 saturated carbocycles. The summed E-state index contributed by atoms with van der Waals surface area (Å²) in [5, 5.41) is 5.46. The first-order valence-corrected chi connectivity index (χ1v) is 15.4. The van der Waals surface area contributed by atoms with Crippen LogP contribution in [-0.2, 0) is 9.59 Å². The maximum Gasteiger partial charge on any atom is 0.264 e. The molecule has 0 bridgehead atoms. The molecule has 228 valence electrons. The van der Waals surface area contributed by atoms with E-state index in [9.17, 15) is 24.0 Å². The summed E-state index contributed by atoms with van der Waals surface area (Å²) in [5.74, 6) is 4.75. The molecule has 0 aromatic heterocycles. The Morgan fingerprint density at radius 2 is 1.59 bits per heavy atom. The minimum Gasteiger partial charge on any atom is -0.371 e. The summed E-state index contributed by atoms with van der Waals surface area (Å²) in [4.78, 5) is 66.7. The Morgan fingerprint density at radius 3 is 2.23 bits per heavy atom. The monoisotopic (exact) mass is 594 g/mol. The highest BCUT2D eigenvalue weighted by Gasteiger charge is 2.53. The van der Waals surface area contributed by atoms with Crippen LogP contribution in [0.4, 0.5) is 5.69 Å². The van der Waals surface area contributed by atoms with Crippen molar-refractivity contribution < 1.29 is 24.0 Å². The summed E-state index contributed by atoms with van der Waals surface area (Å²) in [6.07, 6.45) is 2.88. The van der Waals surface area contributed by atoms with Gasteiger partial charge in [0.05, 0.1) is 16.8 Å². The lowest BCUT2D eigenvalue weighted by molar-refractivity contribution is -0.136. The molecule has 9 heteroatoms. The topological polar surface area (TPSA) is 116 Å². The van der Waals surface area contributed by atoms with Crippen LogP contribution in [0.5, 0.6) is 0 Å². The van der Waals surface area contributed by atoms with Crippen molar-refractivity contribution >= 4 is 35.2 Å². The number of nitrogens with zero attached hydrogens (tertiary/aromatic N) is 2. The SMILES string of the molecule is CC1(C)CC(C)(C)C1NC(=O)c1ccc(C#CC2CCN(c3cccc4c3C(=O)N(C3CCC(=O)NC3=O)C4=O)CC2)cc1. The van der Waals surface area contributed by atoms with E-state index in [1.807, 2.05) is 30.3 Å². The maximum atomic E-state index is 13.5. The van der Waals surface area contributed by atoms with E-state index in [0.29, 0.717) is 29.9 Å². The summed E-state index contributed by atoms with van der Waals surface area (Å²) >= 11 is 0. The number of amides is 5. The zero-order valence-corrected chi connectivity index (χ0v) is 25.7. The highest BCUT2D eigenvalue weighted by atomic mass is 16.2. The first-order chi connectivity index (χ1) is 20.9. The number of hydrogen-bond donors (Lipinski definition) is 2. The first kappa shape index (κ1) is 29.6. The molecule has 0 spiro atoms. The fourth-order valence-corrected chi connectivity index (χ4v) is 7.83. The zero-order chi connectivity index (χ0) is 31.4. The number of fused-ring (bicyclic) bond motifs is 1. The number of carbonyl (C=O) groups excluding carboxylic acids is 5. The van der Waals surface area contributed by atoms with Crippen LogP contribution in [0, 0.1) is 28.6 Å². The molecule has 2 aromatic carbocycles. The standard InChI is InChI=1S/C35H38N4O5/c1-34(2)20-35(3,4)33(34)37-29(41)23-12-10-21(11-13-23)8-9-22-16-18-38(19-17-22)25-7-5-6-24-28(25)32(44)39(31(24)43)26-14-15-27(40)36-30(26)42/h5-7,10-13,22,26,33H,14-20H2,1-4H3,(H,37,41)(H,36,40,42). The van der Waals surface area contributed by atoms with Crippen molar-refractivity contribution in [1.82, 2.24) is 15.5 Å². The predicted molar refractivity (Wildman–Crippen MR) is 165 cm³/mol. The minimum atomic E-state index is -0.987. The Kier molecular flexibility index (Phi) is 7.35. The summed E-state index contributed by atoms with van der Waals surface area (Å²) in [6, 6.07) is 11.8. The van der Waals surface area contributed by atoms with Gasteiger partial charge in [-0.25, -0.2) is 0 Å². The van der Waals surface area contributed by atoms with Gasteiger partial charge in [0.15, 0.2) is 0 Å². The second-order valence-electron chi connectivity index (χ2n) is 13.8. The summed E-state index contributed by atoms with van der Waals surface area (Å²) < 4.78 is 0. The molecule has 0 radical (unpaired) electrons. The lowest BCUT2D eigenvalue weighted by Gasteiger charge is -2.57. The van der Waals surface area contributed by atoms with Crippen molar-refractivity contribution in [2.24, 2.45) is 16.7 Å². The summed E-state index contributed by atoms with van der Waals surface area (Å²) in [5.41, 5.74) is 2.95. The quantitative estimate of drug-likeness (QED) is 0.410. The summed E-state index contributed by atoms with van der Waals surface area (Å²) in [6.45, 7) is 10.1. The van der Waals surface area contributed by atoms with Gasteiger partial charge in [-0.1, -0.05) is 45.6 Å². The van der Waals surface area contributed by atoms with Crippen LogP contribution < -0.4 is 15.5 Å². The van der Waals surface area contributed by atoms with Crippen molar-refractivity contribution in [2.45, 2.75) is 71.9 Å². The van der Waals surface area contributed by atoms with Crippen molar-refractivity contribution in [3.63, 3.8) is 0 Å². The van der Waals surface area contributed by atoms with Crippen LogP contribution in [0.15, 0.2) is 42.5 Å². The molecule has 2 saturated heterocycles. The van der Waals surface area contributed by atoms with Gasteiger partial charge in [-0.15, -0.1) is 0 Å². The van der Waals surface area contributed by atoms with Crippen molar-refractivity contribution in [3.8, 4) is 11.8 Å². The molecule has 2 N–H and O–H groups in total. The van der Waals surface area contributed by atoms with Crippen molar-refractivity contribution in [3.05, 3.63) is 64.7 Å². The largest absolute Gasteiger partial charge is 0.371 e. The highest BCUT2D eigenvalue weighted by molar-refractivity contribution is 6.25. The van der Waals surface area contributed by atoms with Crippen LogP contribution in [-0.4, -0.2) is 59.6 Å². The zero-order valence-electron chi connectivity index (χ0n) is 25.7. The number of benzene rings is 2. The minimum absolute atomic E-state index is 0.0597. The molecule has 4 aliphatic rings. The van der Waals surface area contributed by atoms with Crippen LogP contribution >= 0.6 is 0 Å². The molecular weight excluding hydrogens is 556 g/mol. The third-order valence-corrected chi connectivity index (χ3v) is 9.60. The van der Waals surface area contributed by atoms with E-state index in [-0.39, 0.29) is 47.1 Å². The molecule has 1 atom stereocenters. The van der Waals surface area contributed by atoms with Crippen LogP contribution in [0.2, 0.25) is 0 Å². The van der Waals surface area contributed by atoms with Crippen LogP contribution in [0.3, 0.4) is 0 Å². The first-order valence-electron chi connectivity index (χ1n) is 15.4. The lowest BCUT2D eigenvalue weighted by Crippen LogP contribution is -2.63. The highest BCUT2D eigenvalue weighted by Crippen LogP contribution is 2.53. The fraction of sp³-hybridized carbons (Fsp3) is 0.457. The number of imide groups is 2. The molecule has 6 rings (SSSR count). The average Bonchev–Trinajstić information content (AvgIpc) is 3.24. The maximum absolute atomic E-state index is 13.5. The normalized spacial score (nSPS) is 23.0. The van der Waals surface area contributed by atoms with Gasteiger partial charge in [-0.3, -0.25) is 34.2 Å². The number of hydrogen-bond acceptors (Lipinski definition) is 6. The molecule has 1 aliphatic carbocycles. The Hall–Kier alpha value is -4.45. The summed E-state index contributed by atoms with van der Waals surface area (Å²) in [7, 11) is 0. The van der Waals surface area contributed by atoms with Gasteiger partial charge < -0.3 is 10.2 Å². The van der Waals surface area contributed by atoms with Gasteiger partial charge in [0.1, 0.15) is 6.04 Å². The van der Waals surface area contributed by atoms with E-state index in [2.05, 4.69) is 55.1 Å². The average molecular weight is 595 g/mol. The molecule has 3 heterocycles. The van der Waals surface area contributed by atoms with Crippen molar-refractivity contribution in [2.75, 3.05) is 18.0 Å². The molecular formula is C35H38N4O5. The molecule has 1 unspecified atom stereocenters. The van der Waals surface area contributed by atoms with Crippen LogP contribution in [0.25, 0.3) is 0 Å². The molecule has 2 aromatic rings. The second-order valence-corrected chi connectivity index (χ2v) is 13.8. The molecule has 44 heavy (non-hydrogen) atoms. The molecule has 3 fully saturated rings. The number of piperidine rings is 2. The number of rotatable bonds is 4. The number of anilines is 1. The number of nitrogens with one attached hydrogen (secondary N) is 2. The van der Waals surface area contributed by atoms with Gasteiger partial charge in [-0.05, 0) is 72.9 Å². The predicted octanol–water partition coefficient (Wildman–Crippen LogP) is 3.91. The third kappa shape index (κ3) is 5.27. The second kappa shape index (κ2) is 10.9. The lowest BCUT2D eigenvalue weighted by atomic mass is 9.52.